The topological polar surface area (TPSA) is 84.4 Å². The molecule has 0 atom stereocenters. The normalized spacial score (nSPS) is 18.7. The number of ether oxygens (including phenoxy) is 1. The Balaban J connectivity index is 1.30. The molecule has 2 saturated heterocycles. The molecule has 7 heteroatoms. The smallest absolute Gasteiger partial charge is 0.272 e. The Morgan fingerprint density at radius 1 is 1.17 bits per heavy atom. The van der Waals surface area contributed by atoms with Crippen LogP contribution in [0.15, 0.2) is 42.7 Å². The fourth-order valence-electron chi connectivity index (χ4n) is 3.76. The molecule has 0 unspecified atom stereocenters. The number of likely N-dealkylation sites (tertiary alicyclic amines) is 1. The van der Waals surface area contributed by atoms with Crippen LogP contribution in [0.5, 0.6) is 0 Å². The van der Waals surface area contributed by atoms with Crippen LogP contribution >= 0.6 is 0 Å². The molecule has 2 aliphatic rings. The molecule has 7 nitrogen and oxygen atoms in total. The monoisotopic (exact) mass is 394 g/mol. The Morgan fingerprint density at radius 2 is 1.97 bits per heavy atom. The third-order valence-electron chi connectivity index (χ3n) is 5.71. The highest BCUT2D eigenvalue weighted by Gasteiger charge is 2.33. The fraction of sp³-hybridized carbons (Fsp3) is 0.455. The van der Waals surface area contributed by atoms with Crippen molar-refractivity contribution in [1.82, 2.24) is 20.2 Å². The highest BCUT2D eigenvalue weighted by Crippen LogP contribution is 2.28. The van der Waals surface area contributed by atoms with Crippen LogP contribution in [-0.2, 0) is 4.74 Å². The number of rotatable bonds is 5. The predicted octanol–water partition coefficient (Wildman–Crippen LogP) is 2.26. The van der Waals surface area contributed by atoms with Crippen LogP contribution in [0.25, 0.3) is 0 Å². The van der Waals surface area contributed by atoms with Gasteiger partial charge in [0.2, 0.25) is 0 Å². The Kier molecular flexibility index (Phi) is 5.58. The Labute approximate surface area is 170 Å². The lowest BCUT2D eigenvalue weighted by Crippen LogP contribution is -2.48. The van der Waals surface area contributed by atoms with Gasteiger partial charge in [0.25, 0.3) is 11.8 Å². The number of hydrogen-bond acceptors (Lipinski definition) is 5. The number of carbonyl (C=O) groups excluding carboxylic acids is 2. The van der Waals surface area contributed by atoms with Gasteiger partial charge < -0.3 is 15.0 Å². The lowest BCUT2D eigenvalue weighted by atomic mass is 9.88. The van der Waals surface area contributed by atoms with E-state index in [2.05, 4.69) is 22.2 Å². The molecule has 2 aromatic rings. The number of nitrogens with zero attached hydrogens (tertiary/aromatic N) is 3. The molecule has 0 aliphatic carbocycles. The van der Waals surface area contributed by atoms with Crippen LogP contribution in [0.1, 0.15) is 52.2 Å². The zero-order valence-corrected chi connectivity index (χ0v) is 16.6. The van der Waals surface area contributed by atoms with E-state index < -0.39 is 0 Å². The van der Waals surface area contributed by atoms with E-state index in [9.17, 15) is 9.59 Å². The van der Waals surface area contributed by atoms with Gasteiger partial charge in [-0.1, -0.05) is 13.0 Å². The van der Waals surface area contributed by atoms with Crippen LogP contribution in [0.2, 0.25) is 0 Å². The second kappa shape index (κ2) is 8.29. The van der Waals surface area contributed by atoms with Gasteiger partial charge in [-0.05, 0) is 37.1 Å². The van der Waals surface area contributed by atoms with Crippen molar-refractivity contribution in [1.29, 1.82) is 0 Å². The largest absolute Gasteiger partial charge is 0.380 e. The molecule has 2 aromatic heterocycles. The quantitative estimate of drug-likeness (QED) is 0.841. The maximum absolute atomic E-state index is 12.5. The van der Waals surface area contributed by atoms with Crippen molar-refractivity contribution in [2.45, 2.75) is 25.7 Å². The van der Waals surface area contributed by atoms with Gasteiger partial charge in [0.05, 0.1) is 18.8 Å². The van der Waals surface area contributed by atoms with Gasteiger partial charge in [-0.3, -0.25) is 19.6 Å². The van der Waals surface area contributed by atoms with Crippen LogP contribution in [0.4, 0.5) is 0 Å². The molecule has 0 radical (unpaired) electrons. The van der Waals surface area contributed by atoms with Gasteiger partial charge in [-0.2, -0.15) is 0 Å². The minimum atomic E-state index is -0.104. The van der Waals surface area contributed by atoms with Crippen LogP contribution in [-0.4, -0.2) is 59.5 Å². The summed E-state index contributed by atoms with van der Waals surface area (Å²) >= 11 is 0. The average molecular weight is 394 g/mol. The van der Waals surface area contributed by atoms with Crippen molar-refractivity contribution in [3.63, 3.8) is 0 Å². The Hall–Kier alpha value is -2.80. The molecule has 4 rings (SSSR count). The maximum Gasteiger partial charge on any atom is 0.272 e. The molecule has 1 N–H and O–H groups in total. The number of amides is 2. The summed E-state index contributed by atoms with van der Waals surface area (Å²) in [6.45, 7) is 5.45. The van der Waals surface area contributed by atoms with Crippen molar-refractivity contribution < 1.29 is 14.3 Å². The van der Waals surface area contributed by atoms with Crippen LogP contribution < -0.4 is 5.32 Å². The summed E-state index contributed by atoms with van der Waals surface area (Å²) < 4.78 is 5.21. The van der Waals surface area contributed by atoms with E-state index in [0.29, 0.717) is 50.0 Å². The van der Waals surface area contributed by atoms with Gasteiger partial charge in [-0.25, -0.2) is 0 Å². The van der Waals surface area contributed by atoms with E-state index >= 15 is 0 Å². The van der Waals surface area contributed by atoms with E-state index in [0.717, 1.165) is 18.5 Å². The number of piperidine rings is 1. The summed E-state index contributed by atoms with van der Waals surface area (Å²) in [5, 5.41) is 2.97. The van der Waals surface area contributed by atoms with Crippen molar-refractivity contribution in [2.75, 3.05) is 32.8 Å². The summed E-state index contributed by atoms with van der Waals surface area (Å²) in [5.74, 6) is 0.175. The van der Waals surface area contributed by atoms with Crippen LogP contribution in [0, 0.1) is 5.41 Å². The lowest BCUT2D eigenvalue weighted by Gasteiger charge is -2.38. The van der Waals surface area contributed by atoms with E-state index in [1.807, 2.05) is 23.1 Å². The first-order valence-corrected chi connectivity index (χ1v) is 10.1. The minimum absolute atomic E-state index is 0.0189. The van der Waals surface area contributed by atoms with Gasteiger partial charge in [-0.15, -0.1) is 0 Å². The Bertz CT molecular complexity index is 857. The molecule has 2 fully saturated rings. The molecule has 0 aromatic carbocycles. The van der Waals surface area contributed by atoms with Crippen LogP contribution in [0.3, 0.4) is 0 Å². The number of carbonyl (C=O) groups is 2. The zero-order chi connectivity index (χ0) is 20.3. The lowest BCUT2D eigenvalue weighted by molar-refractivity contribution is -0.0978. The molecule has 0 saturated carbocycles. The first-order chi connectivity index (χ1) is 14.0. The van der Waals surface area contributed by atoms with Crippen molar-refractivity contribution in [2.24, 2.45) is 5.41 Å². The highest BCUT2D eigenvalue weighted by molar-refractivity contribution is 5.94. The van der Waals surface area contributed by atoms with E-state index in [-0.39, 0.29) is 17.2 Å². The van der Waals surface area contributed by atoms with E-state index in [1.54, 1.807) is 24.5 Å². The van der Waals surface area contributed by atoms with Crippen molar-refractivity contribution in [3.8, 4) is 0 Å². The van der Waals surface area contributed by atoms with Crippen molar-refractivity contribution >= 4 is 11.8 Å². The zero-order valence-electron chi connectivity index (χ0n) is 16.6. The molecule has 2 aliphatic heterocycles. The third-order valence-corrected chi connectivity index (χ3v) is 5.71. The SMILES string of the molecule is CC1(CNC(=O)c2ccc(C3CCN(C(=O)c4ccccn4)CC3)nc2)COC1. The molecule has 2 amide bonds. The molecule has 4 heterocycles. The standard InChI is InChI=1S/C22H26N4O3/c1-22(14-29-15-22)13-25-20(27)17-5-6-18(24-12-17)16-7-10-26(11-8-16)21(28)19-4-2-3-9-23-19/h2-6,9,12,16H,7-8,10-11,13-15H2,1H3,(H,25,27). The minimum Gasteiger partial charge on any atom is -0.380 e. The molecule has 152 valence electrons. The number of pyridine rings is 2. The average Bonchev–Trinajstić information content (AvgIpc) is 2.76. The summed E-state index contributed by atoms with van der Waals surface area (Å²) in [6, 6.07) is 9.15. The Morgan fingerprint density at radius 3 is 2.55 bits per heavy atom. The van der Waals surface area contributed by atoms with Gasteiger partial charge in [0.1, 0.15) is 5.69 Å². The second-order valence-corrected chi connectivity index (χ2v) is 8.24. The maximum atomic E-state index is 12.5. The second-order valence-electron chi connectivity index (χ2n) is 8.24. The summed E-state index contributed by atoms with van der Waals surface area (Å²) in [6.07, 6.45) is 5.00. The number of aromatic nitrogens is 2. The fourth-order valence-corrected chi connectivity index (χ4v) is 3.76. The summed E-state index contributed by atoms with van der Waals surface area (Å²) in [5.41, 5.74) is 2.08. The molecule has 0 spiro atoms. The summed E-state index contributed by atoms with van der Waals surface area (Å²) in [7, 11) is 0. The van der Waals surface area contributed by atoms with Crippen molar-refractivity contribution in [3.05, 3.63) is 59.7 Å². The third kappa shape index (κ3) is 4.45. The molecular formula is C22H26N4O3. The van der Waals surface area contributed by atoms with Gasteiger partial charge in [0.15, 0.2) is 0 Å². The molecule has 0 bridgehead atoms. The predicted molar refractivity (Wildman–Crippen MR) is 108 cm³/mol. The van der Waals surface area contributed by atoms with Gasteiger partial charge >= 0.3 is 0 Å². The molecule has 29 heavy (non-hydrogen) atoms. The number of hydrogen-bond donors (Lipinski definition) is 1. The van der Waals surface area contributed by atoms with E-state index in [4.69, 9.17) is 4.74 Å². The van der Waals surface area contributed by atoms with E-state index in [1.165, 1.54) is 0 Å². The summed E-state index contributed by atoms with van der Waals surface area (Å²) in [4.78, 5) is 35.4. The highest BCUT2D eigenvalue weighted by atomic mass is 16.5. The number of nitrogens with one attached hydrogen (secondary N) is 1. The first-order valence-electron chi connectivity index (χ1n) is 10.1. The van der Waals surface area contributed by atoms with Gasteiger partial charge in [0, 0.05) is 49.1 Å². The molecular weight excluding hydrogens is 368 g/mol. The first kappa shape index (κ1) is 19.5.